The first-order chi connectivity index (χ1) is 12.6. The Balaban J connectivity index is 1.56. The average Bonchev–Trinajstić information content (AvgIpc) is 3.43. The summed E-state index contributed by atoms with van der Waals surface area (Å²) in [5.41, 5.74) is 1.27. The normalized spacial score (nSPS) is 16.3. The van der Waals surface area contributed by atoms with Gasteiger partial charge in [-0.15, -0.1) is 10.2 Å². The van der Waals surface area contributed by atoms with Crippen LogP contribution in [-0.2, 0) is 11.3 Å². The van der Waals surface area contributed by atoms with Gasteiger partial charge in [0, 0.05) is 24.9 Å². The zero-order chi connectivity index (χ0) is 18.5. The second-order valence-corrected chi connectivity index (χ2v) is 8.19. The fourth-order valence-corrected chi connectivity index (χ4v) is 4.07. The van der Waals surface area contributed by atoms with Crippen LogP contribution in [0.1, 0.15) is 63.3 Å². The van der Waals surface area contributed by atoms with E-state index in [0.717, 1.165) is 23.9 Å². The van der Waals surface area contributed by atoms with Gasteiger partial charge in [0.1, 0.15) is 5.82 Å². The van der Waals surface area contributed by atoms with E-state index in [9.17, 15) is 4.79 Å². The molecule has 1 N–H and O–H groups in total. The number of carbonyl (C=O) groups excluding carboxylic acids is 1. The minimum Gasteiger partial charge on any atom is -0.355 e. The molecule has 1 saturated carbocycles. The molecule has 3 rings (SSSR count). The smallest absolute Gasteiger partial charge is 0.233 e. The Morgan fingerprint density at radius 2 is 2.00 bits per heavy atom. The third-order valence-electron chi connectivity index (χ3n) is 4.94. The van der Waals surface area contributed by atoms with Gasteiger partial charge in [-0.25, -0.2) is 0 Å². The third-order valence-corrected chi connectivity index (χ3v) is 6.02. The van der Waals surface area contributed by atoms with Crippen molar-refractivity contribution in [1.82, 2.24) is 20.1 Å². The van der Waals surface area contributed by atoms with E-state index < -0.39 is 0 Å². The SMILES string of the molecule is CC[C@H](CNC(=O)[C@H](C)Sc1nnc(C2CC2)n1CC)c1ccccc1. The van der Waals surface area contributed by atoms with Crippen molar-refractivity contribution < 1.29 is 4.79 Å². The zero-order valence-electron chi connectivity index (χ0n) is 15.8. The Labute approximate surface area is 160 Å². The molecule has 140 valence electrons. The average molecular weight is 373 g/mol. The first kappa shape index (κ1) is 19.0. The first-order valence-corrected chi connectivity index (χ1v) is 10.4. The molecule has 5 nitrogen and oxygen atoms in total. The van der Waals surface area contributed by atoms with E-state index >= 15 is 0 Å². The number of thioether (sulfide) groups is 1. The van der Waals surface area contributed by atoms with Crippen molar-refractivity contribution in [2.24, 2.45) is 0 Å². The molecule has 1 aliphatic rings. The van der Waals surface area contributed by atoms with Gasteiger partial charge in [-0.2, -0.15) is 0 Å². The number of hydrogen-bond donors (Lipinski definition) is 1. The quantitative estimate of drug-likeness (QED) is 0.677. The molecular formula is C20H28N4OS. The van der Waals surface area contributed by atoms with Crippen molar-refractivity contribution in [2.75, 3.05) is 6.54 Å². The summed E-state index contributed by atoms with van der Waals surface area (Å²) in [6.07, 6.45) is 3.41. The maximum Gasteiger partial charge on any atom is 0.233 e. The number of amides is 1. The number of carbonyl (C=O) groups is 1. The zero-order valence-corrected chi connectivity index (χ0v) is 16.6. The molecule has 1 aromatic heterocycles. The van der Waals surface area contributed by atoms with Crippen LogP contribution in [0.4, 0.5) is 0 Å². The first-order valence-electron chi connectivity index (χ1n) is 9.56. The second-order valence-electron chi connectivity index (χ2n) is 6.88. The van der Waals surface area contributed by atoms with Gasteiger partial charge in [-0.1, -0.05) is 49.0 Å². The summed E-state index contributed by atoms with van der Waals surface area (Å²) in [6.45, 7) is 7.72. The summed E-state index contributed by atoms with van der Waals surface area (Å²) in [5.74, 6) is 2.05. The fourth-order valence-electron chi connectivity index (χ4n) is 3.13. The lowest BCUT2D eigenvalue weighted by Gasteiger charge is -2.18. The van der Waals surface area contributed by atoms with Gasteiger partial charge < -0.3 is 9.88 Å². The molecule has 6 heteroatoms. The number of nitrogens with one attached hydrogen (secondary N) is 1. The van der Waals surface area contributed by atoms with E-state index in [0.29, 0.717) is 18.4 Å². The highest BCUT2D eigenvalue weighted by Gasteiger charge is 2.30. The summed E-state index contributed by atoms with van der Waals surface area (Å²) in [5, 5.41) is 12.5. The number of rotatable bonds is 9. The summed E-state index contributed by atoms with van der Waals surface area (Å²) in [7, 11) is 0. The molecule has 2 aromatic rings. The van der Waals surface area contributed by atoms with Crippen molar-refractivity contribution in [3.8, 4) is 0 Å². The monoisotopic (exact) mass is 372 g/mol. The van der Waals surface area contributed by atoms with Crippen molar-refractivity contribution in [3.05, 3.63) is 41.7 Å². The Bertz CT molecular complexity index is 727. The van der Waals surface area contributed by atoms with Crippen LogP contribution in [0, 0.1) is 0 Å². The molecule has 1 fully saturated rings. The molecule has 0 bridgehead atoms. The summed E-state index contributed by atoms with van der Waals surface area (Å²) < 4.78 is 2.16. The molecule has 0 unspecified atom stereocenters. The number of aromatic nitrogens is 3. The minimum absolute atomic E-state index is 0.0583. The predicted molar refractivity (Wildman–Crippen MR) is 105 cm³/mol. The van der Waals surface area contributed by atoms with Gasteiger partial charge in [0.2, 0.25) is 5.91 Å². The molecule has 0 saturated heterocycles. The van der Waals surface area contributed by atoms with Gasteiger partial charge >= 0.3 is 0 Å². The van der Waals surface area contributed by atoms with Crippen LogP contribution in [0.25, 0.3) is 0 Å². The predicted octanol–water partition coefficient (Wildman–Crippen LogP) is 3.97. The lowest BCUT2D eigenvalue weighted by molar-refractivity contribution is -0.120. The van der Waals surface area contributed by atoms with Gasteiger partial charge in [0.25, 0.3) is 0 Å². The molecule has 1 amide bonds. The van der Waals surface area contributed by atoms with Crippen LogP contribution in [0.15, 0.2) is 35.5 Å². The molecule has 1 heterocycles. The Morgan fingerprint density at radius 1 is 1.27 bits per heavy atom. The van der Waals surface area contributed by atoms with Crippen LogP contribution in [0.3, 0.4) is 0 Å². The minimum atomic E-state index is -0.190. The number of nitrogens with zero attached hydrogens (tertiary/aromatic N) is 3. The second kappa shape index (κ2) is 8.71. The molecule has 0 aliphatic heterocycles. The lowest BCUT2D eigenvalue weighted by Crippen LogP contribution is -2.34. The molecule has 26 heavy (non-hydrogen) atoms. The molecule has 0 radical (unpaired) electrons. The van der Waals surface area contributed by atoms with Crippen LogP contribution in [0.5, 0.6) is 0 Å². The Hall–Kier alpha value is -1.82. The third kappa shape index (κ3) is 4.47. The largest absolute Gasteiger partial charge is 0.355 e. The van der Waals surface area contributed by atoms with Crippen molar-refractivity contribution in [2.45, 2.75) is 68.8 Å². The van der Waals surface area contributed by atoms with E-state index in [4.69, 9.17) is 0 Å². The topological polar surface area (TPSA) is 59.8 Å². The van der Waals surface area contributed by atoms with Crippen LogP contribution in [0.2, 0.25) is 0 Å². The highest BCUT2D eigenvalue weighted by molar-refractivity contribution is 8.00. The van der Waals surface area contributed by atoms with E-state index in [1.54, 1.807) is 0 Å². The van der Waals surface area contributed by atoms with Gasteiger partial charge in [0.05, 0.1) is 5.25 Å². The number of benzene rings is 1. The highest BCUT2D eigenvalue weighted by Crippen LogP contribution is 2.40. The Kier molecular flexibility index (Phi) is 6.35. The molecular weight excluding hydrogens is 344 g/mol. The highest BCUT2D eigenvalue weighted by atomic mass is 32.2. The maximum absolute atomic E-state index is 12.6. The van der Waals surface area contributed by atoms with E-state index in [2.05, 4.69) is 46.1 Å². The van der Waals surface area contributed by atoms with Crippen molar-refractivity contribution in [1.29, 1.82) is 0 Å². The van der Waals surface area contributed by atoms with E-state index in [1.807, 2.05) is 25.1 Å². The van der Waals surface area contributed by atoms with Gasteiger partial charge in [-0.05, 0) is 38.7 Å². The fraction of sp³-hybridized carbons (Fsp3) is 0.550. The maximum atomic E-state index is 12.6. The summed E-state index contributed by atoms with van der Waals surface area (Å²) in [6, 6.07) is 10.4. The molecule has 1 aliphatic carbocycles. The van der Waals surface area contributed by atoms with E-state index in [1.165, 1.54) is 30.2 Å². The summed E-state index contributed by atoms with van der Waals surface area (Å²) in [4.78, 5) is 12.6. The molecule has 1 aromatic carbocycles. The van der Waals surface area contributed by atoms with Gasteiger partial charge in [-0.3, -0.25) is 4.79 Å². The Morgan fingerprint density at radius 3 is 2.62 bits per heavy atom. The summed E-state index contributed by atoms with van der Waals surface area (Å²) >= 11 is 1.50. The van der Waals surface area contributed by atoms with Crippen LogP contribution in [-0.4, -0.2) is 32.5 Å². The standard InChI is InChI=1S/C20H28N4OS/c1-4-15(16-9-7-6-8-10-16)13-21-19(25)14(3)26-20-23-22-18(17-11-12-17)24(20)5-2/h6-10,14-15,17H,4-5,11-13H2,1-3H3,(H,21,25)/t14-,15+/m0/s1. The number of hydrogen-bond acceptors (Lipinski definition) is 4. The molecule has 2 atom stereocenters. The van der Waals surface area contributed by atoms with Crippen LogP contribution < -0.4 is 5.32 Å². The molecule has 0 spiro atoms. The van der Waals surface area contributed by atoms with E-state index in [-0.39, 0.29) is 11.2 Å². The van der Waals surface area contributed by atoms with Crippen LogP contribution >= 0.6 is 11.8 Å². The van der Waals surface area contributed by atoms with Gasteiger partial charge in [0.15, 0.2) is 5.16 Å². The van der Waals surface area contributed by atoms with Crippen molar-refractivity contribution >= 4 is 17.7 Å². The van der Waals surface area contributed by atoms with Crippen molar-refractivity contribution in [3.63, 3.8) is 0 Å². The lowest BCUT2D eigenvalue weighted by atomic mass is 9.96.